The van der Waals surface area contributed by atoms with Crippen LogP contribution in [-0.2, 0) is 7.05 Å². The van der Waals surface area contributed by atoms with Crippen molar-refractivity contribution in [2.45, 2.75) is 0 Å². The molecule has 0 radical (unpaired) electrons. The number of nitrogens with two attached hydrogens (primary N) is 1. The van der Waals surface area contributed by atoms with E-state index in [0.29, 0.717) is 5.82 Å². The van der Waals surface area contributed by atoms with Gasteiger partial charge in [-0.05, 0) is 12.1 Å². The maximum absolute atomic E-state index is 6.09. The average molecular weight is 257 g/mol. The largest absolute Gasteiger partial charge is 0.383 e. The topological polar surface area (TPSA) is 69.6 Å². The summed E-state index contributed by atoms with van der Waals surface area (Å²) in [4.78, 5) is 9.41. The van der Waals surface area contributed by atoms with Crippen LogP contribution in [0.4, 0.5) is 5.82 Å². The van der Waals surface area contributed by atoms with Gasteiger partial charge in [-0.15, -0.1) is 11.3 Å². The monoisotopic (exact) mass is 257 g/mol. The number of nitrogens with zero attached hydrogens (tertiary/aromatic N) is 4. The minimum atomic E-state index is 0.608. The second-order valence-electron chi connectivity index (χ2n) is 3.81. The van der Waals surface area contributed by atoms with Crippen LogP contribution in [0.5, 0.6) is 0 Å². The highest BCUT2D eigenvalue weighted by molar-refractivity contribution is 7.13. The van der Waals surface area contributed by atoms with Crippen LogP contribution >= 0.6 is 11.3 Å². The van der Waals surface area contributed by atoms with Crippen LogP contribution in [0.25, 0.3) is 21.8 Å². The Bertz CT molecular complexity index is 657. The molecule has 6 heteroatoms. The molecule has 0 bridgehead atoms. The van der Waals surface area contributed by atoms with Crippen molar-refractivity contribution in [1.82, 2.24) is 19.7 Å². The van der Waals surface area contributed by atoms with Gasteiger partial charge < -0.3 is 5.73 Å². The summed E-state index contributed by atoms with van der Waals surface area (Å²) in [6, 6.07) is 5.74. The number of aromatic nitrogens is 4. The first-order chi connectivity index (χ1) is 8.77. The second-order valence-corrected chi connectivity index (χ2v) is 4.70. The van der Waals surface area contributed by atoms with Crippen molar-refractivity contribution in [2.75, 3.05) is 5.73 Å². The van der Waals surface area contributed by atoms with Crippen LogP contribution in [0.2, 0.25) is 0 Å². The van der Waals surface area contributed by atoms with Gasteiger partial charge in [-0.1, -0.05) is 6.07 Å². The summed E-state index contributed by atoms with van der Waals surface area (Å²) in [5, 5.41) is 4.45. The molecule has 18 heavy (non-hydrogen) atoms. The van der Waals surface area contributed by atoms with Gasteiger partial charge in [0.15, 0.2) is 0 Å². The Morgan fingerprint density at radius 2 is 2.22 bits per heavy atom. The number of nitrogen functional groups attached to an aromatic ring is 1. The Labute approximate surface area is 108 Å². The van der Waals surface area contributed by atoms with E-state index in [1.807, 2.05) is 25.2 Å². The van der Waals surface area contributed by atoms with Crippen LogP contribution in [-0.4, -0.2) is 19.7 Å². The van der Waals surface area contributed by atoms with E-state index in [4.69, 9.17) is 5.73 Å². The van der Waals surface area contributed by atoms with Gasteiger partial charge in [-0.2, -0.15) is 5.10 Å². The number of aryl methyl sites for hydroxylation is 1. The molecule has 0 spiro atoms. The lowest BCUT2D eigenvalue weighted by molar-refractivity contribution is 0.783. The van der Waals surface area contributed by atoms with Crippen LogP contribution < -0.4 is 5.73 Å². The SMILES string of the molecule is Cn1nc(-c2cncs2)c(-c2ccccn2)c1N. The molecule has 2 N–H and O–H groups in total. The zero-order chi connectivity index (χ0) is 12.5. The number of anilines is 1. The Kier molecular flexibility index (Phi) is 2.56. The van der Waals surface area contributed by atoms with E-state index in [1.54, 1.807) is 22.6 Å². The predicted molar refractivity (Wildman–Crippen MR) is 72.0 cm³/mol. The van der Waals surface area contributed by atoms with Gasteiger partial charge in [0.05, 0.1) is 21.6 Å². The van der Waals surface area contributed by atoms with E-state index >= 15 is 0 Å². The summed E-state index contributed by atoms with van der Waals surface area (Å²) >= 11 is 1.54. The Morgan fingerprint density at radius 3 is 2.89 bits per heavy atom. The molecule has 0 aliphatic heterocycles. The van der Waals surface area contributed by atoms with Crippen LogP contribution in [0, 0.1) is 0 Å². The zero-order valence-corrected chi connectivity index (χ0v) is 10.6. The highest BCUT2D eigenvalue weighted by Gasteiger charge is 2.18. The molecule has 0 saturated heterocycles. The molecule has 0 aromatic carbocycles. The first kappa shape index (κ1) is 10.9. The predicted octanol–water partition coefficient (Wildman–Crippen LogP) is 2.19. The fourth-order valence-corrected chi connectivity index (χ4v) is 2.42. The maximum atomic E-state index is 6.09. The Hall–Kier alpha value is -2.21. The minimum Gasteiger partial charge on any atom is -0.383 e. The third kappa shape index (κ3) is 1.67. The lowest BCUT2D eigenvalue weighted by atomic mass is 10.1. The fraction of sp³-hybridized carbons (Fsp3) is 0.0833. The van der Waals surface area contributed by atoms with E-state index in [1.165, 1.54) is 11.3 Å². The van der Waals surface area contributed by atoms with Gasteiger partial charge in [-0.25, -0.2) is 0 Å². The molecule has 0 amide bonds. The smallest absolute Gasteiger partial charge is 0.131 e. The summed E-state index contributed by atoms with van der Waals surface area (Å²) in [7, 11) is 1.83. The standard InChI is InChI=1S/C12H11N5S/c1-17-12(13)10(8-4-2-3-5-15-8)11(16-17)9-6-14-7-18-9/h2-7H,13H2,1H3. The molecule has 0 fully saturated rings. The summed E-state index contributed by atoms with van der Waals surface area (Å²) in [6.45, 7) is 0. The quantitative estimate of drug-likeness (QED) is 0.764. The third-order valence-corrected chi connectivity index (χ3v) is 3.46. The van der Waals surface area contributed by atoms with Crippen LogP contribution in [0.3, 0.4) is 0 Å². The van der Waals surface area contributed by atoms with Crippen LogP contribution in [0.15, 0.2) is 36.1 Å². The molecular weight excluding hydrogens is 246 g/mol. The first-order valence-corrected chi connectivity index (χ1v) is 6.28. The average Bonchev–Trinajstić information content (AvgIpc) is 3.00. The molecule has 3 rings (SSSR count). The highest BCUT2D eigenvalue weighted by atomic mass is 32.1. The van der Waals surface area contributed by atoms with Crippen molar-refractivity contribution >= 4 is 17.2 Å². The number of hydrogen-bond acceptors (Lipinski definition) is 5. The third-order valence-electron chi connectivity index (χ3n) is 2.68. The number of thiazole rings is 1. The maximum Gasteiger partial charge on any atom is 0.131 e. The Morgan fingerprint density at radius 1 is 1.33 bits per heavy atom. The minimum absolute atomic E-state index is 0.608. The van der Waals surface area contributed by atoms with E-state index < -0.39 is 0 Å². The van der Waals surface area contributed by atoms with Crippen molar-refractivity contribution in [3.8, 4) is 21.8 Å². The molecule has 0 aliphatic rings. The van der Waals surface area contributed by atoms with E-state index in [-0.39, 0.29) is 0 Å². The number of hydrogen-bond donors (Lipinski definition) is 1. The first-order valence-electron chi connectivity index (χ1n) is 5.40. The van der Waals surface area contributed by atoms with Crippen molar-refractivity contribution < 1.29 is 0 Å². The summed E-state index contributed by atoms with van der Waals surface area (Å²) in [5.41, 5.74) is 10.4. The molecule has 3 aromatic heterocycles. The van der Waals surface area contributed by atoms with Crippen molar-refractivity contribution in [2.24, 2.45) is 7.05 Å². The normalized spacial score (nSPS) is 10.7. The fourth-order valence-electron chi connectivity index (χ4n) is 1.81. The van der Waals surface area contributed by atoms with Gasteiger partial charge in [0.1, 0.15) is 11.5 Å². The van der Waals surface area contributed by atoms with Gasteiger partial charge in [-0.3, -0.25) is 14.6 Å². The molecule has 0 unspecified atom stereocenters. The van der Waals surface area contributed by atoms with Gasteiger partial charge in [0.25, 0.3) is 0 Å². The van der Waals surface area contributed by atoms with Crippen molar-refractivity contribution in [3.05, 3.63) is 36.1 Å². The highest BCUT2D eigenvalue weighted by Crippen LogP contribution is 2.35. The van der Waals surface area contributed by atoms with Crippen molar-refractivity contribution in [3.63, 3.8) is 0 Å². The zero-order valence-electron chi connectivity index (χ0n) is 9.74. The van der Waals surface area contributed by atoms with E-state index in [0.717, 1.165) is 21.8 Å². The van der Waals surface area contributed by atoms with E-state index in [9.17, 15) is 0 Å². The second kappa shape index (κ2) is 4.23. The van der Waals surface area contributed by atoms with Gasteiger partial charge in [0, 0.05) is 19.4 Å². The lowest BCUT2D eigenvalue weighted by Gasteiger charge is -2.01. The molecule has 0 aliphatic carbocycles. The molecular formula is C12H11N5S. The number of rotatable bonds is 2. The lowest BCUT2D eigenvalue weighted by Crippen LogP contribution is -1.98. The van der Waals surface area contributed by atoms with Gasteiger partial charge >= 0.3 is 0 Å². The molecule has 90 valence electrons. The van der Waals surface area contributed by atoms with E-state index in [2.05, 4.69) is 15.1 Å². The molecule has 3 heterocycles. The Balaban J connectivity index is 2.26. The number of pyridine rings is 1. The van der Waals surface area contributed by atoms with Crippen LogP contribution in [0.1, 0.15) is 0 Å². The van der Waals surface area contributed by atoms with Gasteiger partial charge in [0.2, 0.25) is 0 Å². The molecule has 3 aromatic rings. The summed E-state index contributed by atoms with van der Waals surface area (Å²) < 4.78 is 1.67. The van der Waals surface area contributed by atoms with Crippen molar-refractivity contribution in [1.29, 1.82) is 0 Å². The summed E-state index contributed by atoms with van der Waals surface area (Å²) in [5.74, 6) is 0.608. The molecule has 5 nitrogen and oxygen atoms in total. The summed E-state index contributed by atoms with van der Waals surface area (Å²) in [6.07, 6.45) is 3.54. The molecule has 0 atom stereocenters. The molecule has 0 saturated carbocycles.